The van der Waals surface area contributed by atoms with Gasteiger partial charge >= 0.3 is 8.80 Å². The summed E-state index contributed by atoms with van der Waals surface area (Å²) in [5.74, 6) is 1.24. The van der Waals surface area contributed by atoms with Crippen molar-refractivity contribution in [1.82, 2.24) is 0 Å². The van der Waals surface area contributed by atoms with Crippen LogP contribution in [-0.4, -0.2) is 32.8 Å². The average molecular weight is 607 g/mol. The Hall–Kier alpha value is -3.91. The van der Waals surface area contributed by atoms with E-state index in [1.807, 2.05) is 18.2 Å². The maximum absolute atomic E-state index is 11.8. The molecule has 232 valence electrons. The van der Waals surface area contributed by atoms with E-state index >= 15 is 0 Å². The van der Waals surface area contributed by atoms with Gasteiger partial charge in [-0.25, -0.2) is 0 Å². The van der Waals surface area contributed by atoms with Crippen molar-refractivity contribution in [3.05, 3.63) is 89.6 Å². The van der Waals surface area contributed by atoms with Crippen LogP contribution in [0.3, 0.4) is 0 Å². The first-order chi connectivity index (χ1) is 20.4. The van der Waals surface area contributed by atoms with Crippen molar-refractivity contribution in [3.63, 3.8) is 0 Å². The van der Waals surface area contributed by atoms with Gasteiger partial charge < -0.3 is 18.0 Å². The number of allylic oxidation sites excluding steroid dienone is 6. The fraction of sp³-hybridized carbons (Fsp3) is 0.400. The average Bonchev–Trinajstić information content (AvgIpc) is 2.90. The molecule has 0 radical (unpaired) electrons. The van der Waals surface area contributed by atoms with Gasteiger partial charge in [0.2, 0.25) is 0 Å². The number of carbonyl (C=O) groups is 3. The molecular formula is C35H46O7Si. The van der Waals surface area contributed by atoms with Crippen LogP contribution in [0.4, 0.5) is 0 Å². The summed E-state index contributed by atoms with van der Waals surface area (Å²) in [6.45, 7) is 11.8. The van der Waals surface area contributed by atoms with Gasteiger partial charge in [0.15, 0.2) is 17.3 Å². The molecule has 0 spiro atoms. The summed E-state index contributed by atoms with van der Waals surface area (Å²) in [6.07, 6.45) is 8.82. The molecule has 8 heteroatoms. The van der Waals surface area contributed by atoms with Crippen LogP contribution in [0.2, 0.25) is 6.04 Å². The summed E-state index contributed by atoms with van der Waals surface area (Å²) < 4.78 is 25.3. The highest BCUT2D eigenvalue weighted by atomic mass is 28.4. The first-order valence-electron chi connectivity index (χ1n) is 14.9. The Morgan fingerprint density at radius 1 is 0.674 bits per heavy atom. The summed E-state index contributed by atoms with van der Waals surface area (Å²) in [6, 6.07) is 16.7. The highest BCUT2D eigenvalue weighted by molar-refractivity contribution is 6.61. The van der Waals surface area contributed by atoms with Gasteiger partial charge in [0.1, 0.15) is 5.75 Å². The summed E-state index contributed by atoms with van der Waals surface area (Å²) in [5.41, 5.74) is 3.26. The second-order valence-corrected chi connectivity index (χ2v) is 13.1. The second kappa shape index (κ2) is 17.9. The van der Waals surface area contributed by atoms with Crippen molar-refractivity contribution in [3.8, 4) is 16.9 Å². The lowest BCUT2D eigenvalue weighted by Crippen LogP contribution is -2.45. The highest BCUT2D eigenvalue weighted by Gasteiger charge is 2.49. The molecule has 0 saturated heterocycles. The molecule has 2 aromatic rings. The van der Waals surface area contributed by atoms with E-state index in [9.17, 15) is 14.4 Å². The smallest absolute Gasteiger partial charge is 0.493 e. The Labute approximate surface area is 258 Å². The van der Waals surface area contributed by atoms with Gasteiger partial charge in [-0.2, -0.15) is 0 Å². The van der Waals surface area contributed by atoms with E-state index < -0.39 is 8.80 Å². The number of para-hydroxylation sites is 1. The predicted octanol–water partition coefficient (Wildman–Crippen LogP) is 8.32. The van der Waals surface area contributed by atoms with E-state index in [2.05, 4.69) is 37.3 Å². The van der Waals surface area contributed by atoms with Gasteiger partial charge in [0.05, 0.1) is 29.9 Å². The van der Waals surface area contributed by atoms with Crippen molar-refractivity contribution in [2.75, 3.05) is 6.61 Å². The number of benzene rings is 2. The third kappa shape index (κ3) is 12.9. The Morgan fingerprint density at radius 3 is 1.70 bits per heavy atom. The van der Waals surface area contributed by atoms with Gasteiger partial charge in [0.25, 0.3) is 0 Å². The molecule has 43 heavy (non-hydrogen) atoms. The largest absolute Gasteiger partial charge is 0.698 e. The third-order valence-electron chi connectivity index (χ3n) is 6.27. The SMILES string of the molecule is CCCCCc1cccc(-c2ccccc2)c1OCCC[Si](O/C(C)=C\C(C)=O)(O/C(C)=C/C(C)=O)O/C(C)=C/C(C)=O. The lowest BCUT2D eigenvalue weighted by molar-refractivity contribution is -0.113. The van der Waals surface area contributed by atoms with E-state index in [0.717, 1.165) is 48.1 Å². The first-order valence-corrected chi connectivity index (χ1v) is 16.8. The molecule has 0 aromatic heterocycles. The Kier molecular flexibility index (Phi) is 14.7. The molecule has 0 amide bonds. The van der Waals surface area contributed by atoms with Crippen molar-refractivity contribution >= 4 is 26.2 Å². The van der Waals surface area contributed by atoms with E-state index in [1.165, 1.54) is 39.0 Å². The van der Waals surface area contributed by atoms with Gasteiger partial charge in [0, 0.05) is 23.8 Å². The van der Waals surface area contributed by atoms with Crippen LogP contribution < -0.4 is 4.74 Å². The molecule has 2 rings (SSSR count). The molecule has 0 aliphatic heterocycles. The summed E-state index contributed by atoms with van der Waals surface area (Å²) in [7, 11) is -3.68. The molecule has 0 aliphatic rings. The van der Waals surface area contributed by atoms with Crippen LogP contribution in [0.25, 0.3) is 11.1 Å². The maximum Gasteiger partial charge on any atom is 0.698 e. The van der Waals surface area contributed by atoms with E-state index in [-0.39, 0.29) is 17.3 Å². The van der Waals surface area contributed by atoms with Gasteiger partial charge in [-0.05, 0) is 71.9 Å². The third-order valence-corrected chi connectivity index (χ3v) is 9.14. The number of unbranched alkanes of at least 4 members (excludes halogenated alkanes) is 2. The highest BCUT2D eigenvalue weighted by Crippen LogP contribution is 2.35. The number of hydrogen-bond donors (Lipinski definition) is 0. The summed E-state index contributed by atoms with van der Waals surface area (Å²) in [4.78, 5) is 35.4. The van der Waals surface area contributed by atoms with Crippen LogP contribution in [0.5, 0.6) is 5.75 Å². The minimum atomic E-state index is -3.68. The molecule has 0 fully saturated rings. The minimum absolute atomic E-state index is 0.191. The van der Waals surface area contributed by atoms with Gasteiger partial charge in [-0.3, -0.25) is 14.4 Å². The number of aryl methyl sites for hydroxylation is 1. The monoisotopic (exact) mass is 606 g/mol. The molecule has 0 atom stereocenters. The fourth-order valence-corrected chi connectivity index (χ4v) is 7.38. The fourth-order valence-electron chi connectivity index (χ4n) is 4.72. The Balaban J connectivity index is 2.42. The normalized spacial score (nSPS) is 12.5. The van der Waals surface area contributed by atoms with Crippen molar-refractivity contribution < 1.29 is 32.4 Å². The molecule has 0 N–H and O–H groups in total. The molecule has 0 heterocycles. The van der Waals surface area contributed by atoms with Crippen molar-refractivity contribution in [1.29, 1.82) is 0 Å². The Morgan fingerprint density at radius 2 is 1.21 bits per heavy atom. The standard InChI is InChI=1S/C35H46O7Si/c1-8-9-11-18-33-19-14-20-34(32-16-12-10-13-17-32)35(33)39-21-15-22-43(40-29(5)23-26(2)36,41-30(6)24-27(3)37)42-31(7)25-28(4)38/h10,12-14,16-17,19-20,23-25H,8-9,11,15,18,21-22H2,1-7H3/b29-23-,30-24+,31-25+. The van der Waals surface area contributed by atoms with Crippen LogP contribution in [-0.2, 0) is 34.1 Å². The van der Waals surface area contributed by atoms with Crippen LogP contribution in [0, 0.1) is 0 Å². The lowest BCUT2D eigenvalue weighted by atomic mass is 9.98. The van der Waals surface area contributed by atoms with Crippen molar-refractivity contribution in [2.24, 2.45) is 0 Å². The number of rotatable bonds is 19. The zero-order chi connectivity index (χ0) is 31.8. The molecule has 2 aromatic carbocycles. The zero-order valence-electron chi connectivity index (χ0n) is 26.7. The molecule has 0 aliphatic carbocycles. The molecule has 0 unspecified atom stereocenters. The quantitative estimate of drug-likeness (QED) is 0.0687. The minimum Gasteiger partial charge on any atom is -0.493 e. The van der Waals surface area contributed by atoms with Gasteiger partial charge in [-0.15, -0.1) is 0 Å². The van der Waals surface area contributed by atoms with Crippen LogP contribution in [0.1, 0.15) is 79.7 Å². The number of ether oxygens (including phenoxy) is 1. The van der Waals surface area contributed by atoms with Crippen LogP contribution >= 0.6 is 0 Å². The summed E-state index contributed by atoms with van der Waals surface area (Å²) >= 11 is 0. The molecule has 0 bridgehead atoms. The maximum atomic E-state index is 11.8. The first kappa shape index (κ1) is 35.3. The molecular weight excluding hydrogens is 560 g/mol. The predicted molar refractivity (Wildman–Crippen MR) is 172 cm³/mol. The van der Waals surface area contributed by atoms with Gasteiger partial charge in [-0.1, -0.05) is 68.3 Å². The number of ketones is 3. The Bertz CT molecular complexity index is 1250. The second-order valence-electron chi connectivity index (χ2n) is 10.7. The van der Waals surface area contributed by atoms with E-state index in [1.54, 1.807) is 20.8 Å². The lowest BCUT2D eigenvalue weighted by Gasteiger charge is -2.31. The van der Waals surface area contributed by atoms with E-state index in [4.69, 9.17) is 18.0 Å². The van der Waals surface area contributed by atoms with Crippen molar-refractivity contribution in [2.45, 2.75) is 86.6 Å². The molecule has 0 saturated carbocycles. The number of hydrogen-bond acceptors (Lipinski definition) is 7. The number of carbonyl (C=O) groups excluding carboxylic acids is 3. The summed E-state index contributed by atoms with van der Waals surface area (Å²) in [5, 5.41) is 0. The van der Waals surface area contributed by atoms with Crippen LogP contribution in [0.15, 0.2) is 84.0 Å². The molecule has 7 nitrogen and oxygen atoms in total. The zero-order valence-corrected chi connectivity index (χ0v) is 27.7. The van der Waals surface area contributed by atoms with E-state index in [0.29, 0.717) is 36.3 Å². The topological polar surface area (TPSA) is 88.1 Å².